The molecule has 0 aliphatic heterocycles. The number of nitrogens with zero attached hydrogens (tertiary/aromatic N) is 2. The lowest BCUT2D eigenvalue weighted by Crippen LogP contribution is -2.42. The summed E-state index contributed by atoms with van der Waals surface area (Å²) in [6, 6.07) is 64.9. The molecule has 7 aromatic carbocycles. The molecule has 2 nitrogen and oxygen atoms in total. The van der Waals surface area contributed by atoms with E-state index in [0.29, 0.717) is 5.92 Å². The topological polar surface area (TPSA) is 8.17 Å². The molecule has 2 aliphatic carbocycles. The van der Waals surface area contributed by atoms with Gasteiger partial charge in [-0.05, 0) is 144 Å². The zero-order chi connectivity index (χ0) is 37.6. The number of aromatic nitrogens is 1. The van der Waals surface area contributed by atoms with Crippen LogP contribution in [0.4, 0.5) is 17.1 Å². The normalized spacial score (nSPS) is 20.6. The second-order valence-electron chi connectivity index (χ2n) is 16.6. The van der Waals surface area contributed by atoms with Crippen molar-refractivity contribution in [1.82, 2.24) is 4.57 Å². The third-order valence-corrected chi connectivity index (χ3v) is 12.8. The molecular formula is C54H48N2. The third-order valence-electron chi connectivity index (χ3n) is 12.8. The molecule has 56 heavy (non-hydrogen) atoms. The van der Waals surface area contributed by atoms with Crippen LogP contribution >= 0.6 is 0 Å². The maximum atomic E-state index is 4.28. The summed E-state index contributed by atoms with van der Waals surface area (Å²) in [7, 11) is 0. The lowest BCUT2D eigenvalue weighted by Gasteiger charge is -2.50. The number of rotatable bonds is 8. The van der Waals surface area contributed by atoms with Gasteiger partial charge in [-0.2, -0.15) is 0 Å². The standard InChI is InChI=1S/C54H48N2/c1-3-39-31-40-30-38(2)35-54(36-39,37-40)45-18-13-21-49(34-45)55(46-28-26-42(27-29-46)41-14-5-4-6-15-41)47-19-11-16-43(32-47)44-17-12-20-48(33-44)56-52-24-9-7-22-50(52)51-23-8-10-25-53(51)56/h3-29,32-34,38-40H,1,30-31,35-37H2,2H3/t38-,39-,40?,54?/m0/s1. The number of hydrogen-bond donors (Lipinski definition) is 0. The van der Waals surface area contributed by atoms with E-state index in [2.05, 4.69) is 205 Å². The van der Waals surface area contributed by atoms with Crippen LogP contribution in [0.2, 0.25) is 0 Å². The summed E-state index contributed by atoms with van der Waals surface area (Å²) in [6.07, 6.45) is 8.61. The van der Waals surface area contributed by atoms with E-state index in [1.54, 1.807) is 0 Å². The van der Waals surface area contributed by atoms with Gasteiger partial charge in [0, 0.05) is 33.5 Å². The van der Waals surface area contributed by atoms with Crippen molar-refractivity contribution in [2.45, 2.75) is 44.4 Å². The van der Waals surface area contributed by atoms with Gasteiger partial charge in [-0.1, -0.05) is 128 Å². The Bertz CT molecular complexity index is 2630. The maximum Gasteiger partial charge on any atom is 0.0541 e. The maximum absolute atomic E-state index is 4.28. The van der Waals surface area contributed by atoms with Gasteiger partial charge in [0.2, 0.25) is 0 Å². The summed E-state index contributed by atoms with van der Waals surface area (Å²) in [4.78, 5) is 2.47. The molecule has 1 aromatic heterocycles. The van der Waals surface area contributed by atoms with Crippen LogP contribution in [-0.2, 0) is 5.41 Å². The smallest absolute Gasteiger partial charge is 0.0541 e. The Morgan fingerprint density at radius 2 is 1.14 bits per heavy atom. The minimum Gasteiger partial charge on any atom is -0.310 e. The molecule has 274 valence electrons. The van der Waals surface area contributed by atoms with Crippen LogP contribution < -0.4 is 4.90 Å². The molecular weight excluding hydrogens is 677 g/mol. The molecule has 2 unspecified atom stereocenters. The fourth-order valence-electron chi connectivity index (χ4n) is 10.6. The Morgan fingerprint density at radius 1 is 0.536 bits per heavy atom. The van der Waals surface area contributed by atoms with Crippen molar-refractivity contribution in [2.75, 3.05) is 4.90 Å². The Balaban J connectivity index is 1.08. The number of hydrogen-bond acceptors (Lipinski definition) is 1. The van der Waals surface area contributed by atoms with Crippen molar-refractivity contribution in [3.8, 4) is 27.9 Å². The number of anilines is 3. The van der Waals surface area contributed by atoms with Crippen molar-refractivity contribution in [3.63, 3.8) is 0 Å². The summed E-state index contributed by atoms with van der Waals surface area (Å²) < 4.78 is 2.41. The summed E-state index contributed by atoms with van der Waals surface area (Å²) in [5.41, 5.74) is 13.6. The highest BCUT2D eigenvalue weighted by Crippen LogP contribution is 2.55. The van der Waals surface area contributed by atoms with E-state index >= 15 is 0 Å². The summed E-state index contributed by atoms with van der Waals surface area (Å²) in [5.74, 6) is 2.09. The van der Waals surface area contributed by atoms with Gasteiger partial charge in [0.15, 0.2) is 0 Å². The Kier molecular flexibility index (Phi) is 8.71. The summed E-state index contributed by atoms with van der Waals surface area (Å²) in [6.45, 7) is 6.75. The van der Waals surface area contributed by atoms with Crippen molar-refractivity contribution < 1.29 is 0 Å². The predicted molar refractivity (Wildman–Crippen MR) is 237 cm³/mol. The van der Waals surface area contributed by atoms with Gasteiger partial charge in [0.05, 0.1) is 11.0 Å². The molecule has 2 saturated carbocycles. The van der Waals surface area contributed by atoms with E-state index in [1.807, 2.05) is 0 Å². The zero-order valence-corrected chi connectivity index (χ0v) is 32.2. The van der Waals surface area contributed by atoms with E-state index in [9.17, 15) is 0 Å². The summed E-state index contributed by atoms with van der Waals surface area (Å²) >= 11 is 0. The van der Waals surface area contributed by atoms with E-state index < -0.39 is 0 Å². The molecule has 0 radical (unpaired) electrons. The second-order valence-corrected chi connectivity index (χ2v) is 16.6. The fraction of sp³-hybridized carbons (Fsp3) is 0.185. The molecule has 2 heteroatoms. The fourth-order valence-corrected chi connectivity index (χ4v) is 10.6. The largest absolute Gasteiger partial charge is 0.310 e. The van der Waals surface area contributed by atoms with Gasteiger partial charge in [-0.15, -0.1) is 6.58 Å². The first-order valence-electron chi connectivity index (χ1n) is 20.4. The quantitative estimate of drug-likeness (QED) is 0.142. The molecule has 0 N–H and O–H groups in total. The second kappa shape index (κ2) is 14.2. The van der Waals surface area contributed by atoms with E-state index in [-0.39, 0.29) is 5.41 Å². The first-order chi connectivity index (χ1) is 27.5. The molecule has 2 bridgehead atoms. The Labute approximate surface area is 331 Å². The number of para-hydroxylation sites is 2. The molecule has 1 heterocycles. The SMILES string of the molecule is C=C[C@H]1CC2C[C@H](C)CC(c3cccc(N(c4ccc(-c5ccccc5)cc4)c4cccc(-c5cccc(-n6c7ccccc7c7ccccc76)c5)c4)c3)(C2)C1. The van der Waals surface area contributed by atoms with Gasteiger partial charge in [-0.3, -0.25) is 0 Å². The van der Waals surface area contributed by atoms with Crippen LogP contribution in [0.5, 0.6) is 0 Å². The van der Waals surface area contributed by atoms with Crippen molar-refractivity contribution in [2.24, 2.45) is 17.8 Å². The number of benzene rings is 7. The van der Waals surface area contributed by atoms with Crippen molar-refractivity contribution >= 4 is 38.9 Å². The molecule has 0 saturated heterocycles. The van der Waals surface area contributed by atoms with Crippen LogP contribution in [0.1, 0.15) is 44.6 Å². The number of fused-ring (bicyclic) bond motifs is 5. The number of allylic oxidation sites excluding steroid dienone is 1. The van der Waals surface area contributed by atoms with Crippen LogP contribution in [0, 0.1) is 17.8 Å². The highest BCUT2D eigenvalue weighted by Gasteiger charge is 2.45. The van der Waals surface area contributed by atoms with Crippen LogP contribution in [0.3, 0.4) is 0 Å². The minimum absolute atomic E-state index is 0.188. The molecule has 10 rings (SSSR count). The zero-order valence-electron chi connectivity index (χ0n) is 32.2. The monoisotopic (exact) mass is 724 g/mol. The lowest BCUT2D eigenvalue weighted by atomic mass is 9.54. The average Bonchev–Trinajstić information content (AvgIpc) is 3.59. The van der Waals surface area contributed by atoms with Crippen molar-refractivity contribution in [3.05, 3.63) is 194 Å². The first kappa shape index (κ1) is 34.4. The van der Waals surface area contributed by atoms with E-state index in [0.717, 1.165) is 28.9 Å². The van der Waals surface area contributed by atoms with Gasteiger partial charge >= 0.3 is 0 Å². The van der Waals surface area contributed by atoms with E-state index in [1.165, 1.54) is 87.4 Å². The Hall–Kier alpha value is -6.12. The highest BCUT2D eigenvalue weighted by molar-refractivity contribution is 6.09. The molecule has 4 atom stereocenters. The minimum atomic E-state index is 0.188. The van der Waals surface area contributed by atoms with Gasteiger partial charge < -0.3 is 9.47 Å². The highest BCUT2D eigenvalue weighted by atomic mass is 15.1. The predicted octanol–water partition coefficient (Wildman–Crippen LogP) is 14.9. The Morgan fingerprint density at radius 3 is 1.88 bits per heavy atom. The van der Waals surface area contributed by atoms with Crippen LogP contribution in [-0.4, -0.2) is 4.57 Å². The summed E-state index contributed by atoms with van der Waals surface area (Å²) in [5, 5.41) is 2.55. The van der Waals surface area contributed by atoms with Gasteiger partial charge in [-0.25, -0.2) is 0 Å². The lowest BCUT2D eigenvalue weighted by molar-refractivity contribution is 0.0870. The van der Waals surface area contributed by atoms with Gasteiger partial charge in [0.1, 0.15) is 0 Å². The van der Waals surface area contributed by atoms with Crippen LogP contribution in [0.25, 0.3) is 49.7 Å². The molecule has 8 aromatic rings. The van der Waals surface area contributed by atoms with Crippen molar-refractivity contribution in [1.29, 1.82) is 0 Å². The first-order valence-corrected chi connectivity index (χ1v) is 20.4. The molecule has 2 aliphatic rings. The molecule has 0 spiro atoms. The van der Waals surface area contributed by atoms with Crippen LogP contribution in [0.15, 0.2) is 189 Å². The molecule has 2 fully saturated rings. The molecule has 0 amide bonds. The van der Waals surface area contributed by atoms with E-state index in [4.69, 9.17) is 0 Å². The average molecular weight is 725 g/mol. The third kappa shape index (κ3) is 6.14. The van der Waals surface area contributed by atoms with Gasteiger partial charge in [0.25, 0.3) is 0 Å².